The first-order valence-electron chi connectivity index (χ1n) is 4.01. The minimum atomic E-state index is 0.609. The smallest absolute Gasteiger partial charge is 0.292 e. The minimum absolute atomic E-state index is 0.609. The molecule has 0 saturated carbocycles. The Balaban J connectivity index is 2.66. The van der Waals surface area contributed by atoms with Gasteiger partial charge in [0.05, 0.1) is 0 Å². The lowest BCUT2D eigenvalue weighted by atomic mass is 10.1. The topological polar surface area (TPSA) is 33.0 Å². The van der Waals surface area contributed by atoms with Gasteiger partial charge in [-0.15, -0.1) is 5.26 Å². The van der Waals surface area contributed by atoms with E-state index in [1.54, 1.807) is 6.26 Å². The number of nitrogens with zero attached hydrogens (tertiary/aromatic N) is 1. The van der Waals surface area contributed by atoms with Crippen molar-refractivity contribution in [3.63, 3.8) is 0 Å². The molecule has 0 bridgehead atoms. The van der Waals surface area contributed by atoms with Gasteiger partial charge in [-0.25, -0.2) is 0 Å². The minimum Gasteiger partial charge on any atom is -0.388 e. The molecule has 0 spiro atoms. The molecule has 0 radical (unpaired) electrons. The normalized spacial score (nSPS) is 9.00. The van der Waals surface area contributed by atoms with Crippen LogP contribution in [-0.2, 0) is 6.42 Å². The maximum Gasteiger partial charge on any atom is 0.292 e. The first kappa shape index (κ1) is 8.61. The van der Waals surface area contributed by atoms with Crippen molar-refractivity contribution in [1.29, 1.82) is 5.26 Å². The molecular weight excluding hydrogens is 150 g/mol. The molecule has 0 aliphatic rings. The van der Waals surface area contributed by atoms with Crippen LogP contribution in [0.5, 0.6) is 5.75 Å². The number of hydrogen-bond acceptors (Lipinski definition) is 2. The molecule has 0 aliphatic heterocycles. The maximum atomic E-state index is 8.22. The molecule has 1 aromatic carbocycles. The highest BCUT2D eigenvalue weighted by Gasteiger charge is 1.93. The van der Waals surface area contributed by atoms with Gasteiger partial charge in [0.15, 0.2) is 0 Å². The van der Waals surface area contributed by atoms with Gasteiger partial charge in [0.2, 0.25) is 0 Å². The molecular formula is C10H11NO. The number of ether oxygens (including phenoxy) is 1. The molecule has 0 atom stereocenters. The molecule has 0 amide bonds. The number of benzene rings is 1. The molecule has 0 aliphatic carbocycles. The Morgan fingerprint density at radius 3 is 2.50 bits per heavy atom. The summed E-state index contributed by atoms with van der Waals surface area (Å²) in [5, 5.41) is 8.22. The van der Waals surface area contributed by atoms with Crippen molar-refractivity contribution in [1.82, 2.24) is 0 Å². The summed E-state index contributed by atoms with van der Waals surface area (Å²) in [6.45, 7) is 2.14. The van der Waals surface area contributed by atoms with Crippen molar-refractivity contribution in [3.05, 3.63) is 29.8 Å². The van der Waals surface area contributed by atoms with Crippen molar-refractivity contribution in [3.8, 4) is 12.0 Å². The van der Waals surface area contributed by atoms with Crippen LogP contribution < -0.4 is 4.74 Å². The summed E-state index contributed by atoms with van der Waals surface area (Å²) in [4.78, 5) is 0. The number of nitriles is 1. The van der Waals surface area contributed by atoms with Crippen LogP contribution in [0.2, 0.25) is 0 Å². The molecule has 0 aromatic heterocycles. The highest BCUT2D eigenvalue weighted by molar-refractivity contribution is 5.27. The van der Waals surface area contributed by atoms with Crippen molar-refractivity contribution in [2.24, 2.45) is 0 Å². The Morgan fingerprint density at radius 2 is 2.00 bits per heavy atom. The summed E-state index contributed by atoms with van der Waals surface area (Å²) in [5.41, 5.74) is 1.28. The van der Waals surface area contributed by atoms with Gasteiger partial charge in [0.1, 0.15) is 5.75 Å². The number of hydrogen-bond donors (Lipinski definition) is 0. The first-order chi connectivity index (χ1) is 5.86. The molecule has 0 heterocycles. The molecule has 2 heteroatoms. The molecule has 0 fully saturated rings. The van der Waals surface area contributed by atoms with Crippen molar-refractivity contribution in [2.75, 3.05) is 0 Å². The highest BCUT2D eigenvalue weighted by atomic mass is 16.5. The Kier molecular flexibility index (Phi) is 3.16. The van der Waals surface area contributed by atoms with Gasteiger partial charge >= 0.3 is 0 Å². The van der Waals surface area contributed by atoms with Crippen LogP contribution in [0, 0.1) is 11.5 Å². The summed E-state index contributed by atoms with van der Waals surface area (Å²) in [6, 6.07) is 7.59. The van der Waals surface area contributed by atoms with Crippen molar-refractivity contribution >= 4 is 0 Å². The zero-order valence-electron chi connectivity index (χ0n) is 7.08. The molecule has 0 saturated heterocycles. The van der Waals surface area contributed by atoms with Gasteiger partial charge in [-0.3, -0.25) is 0 Å². The lowest BCUT2D eigenvalue weighted by Gasteiger charge is -1.98. The lowest BCUT2D eigenvalue weighted by molar-refractivity contribution is 0.507. The van der Waals surface area contributed by atoms with Crippen LogP contribution in [0.3, 0.4) is 0 Å². The standard InChI is InChI=1S/C10H11NO/c1-2-3-9-4-6-10(7-5-9)12-8-11/h4-7H,2-3H2,1H3. The van der Waals surface area contributed by atoms with E-state index in [4.69, 9.17) is 5.26 Å². The number of rotatable bonds is 3. The van der Waals surface area contributed by atoms with Gasteiger partial charge in [0.25, 0.3) is 6.26 Å². The van der Waals surface area contributed by atoms with Crippen LogP contribution in [0.1, 0.15) is 18.9 Å². The molecule has 2 nitrogen and oxygen atoms in total. The molecule has 0 unspecified atom stereocenters. The van der Waals surface area contributed by atoms with Gasteiger partial charge in [-0.1, -0.05) is 25.5 Å². The maximum absolute atomic E-state index is 8.22. The zero-order valence-corrected chi connectivity index (χ0v) is 7.08. The van der Waals surface area contributed by atoms with E-state index in [9.17, 15) is 0 Å². The van der Waals surface area contributed by atoms with Gasteiger partial charge in [-0.05, 0) is 24.1 Å². The van der Waals surface area contributed by atoms with E-state index in [-0.39, 0.29) is 0 Å². The summed E-state index contributed by atoms with van der Waals surface area (Å²) < 4.78 is 4.64. The van der Waals surface area contributed by atoms with Crippen molar-refractivity contribution < 1.29 is 4.74 Å². The van der Waals surface area contributed by atoms with E-state index in [1.165, 1.54) is 5.56 Å². The SMILES string of the molecule is CCCc1ccc(OC#N)cc1. The molecule has 0 N–H and O–H groups in total. The third-order valence-electron chi connectivity index (χ3n) is 1.63. The number of aryl methyl sites for hydroxylation is 1. The predicted molar refractivity (Wildman–Crippen MR) is 46.7 cm³/mol. The van der Waals surface area contributed by atoms with E-state index in [0.29, 0.717) is 5.75 Å². The van der Waals surface area contributed by atoms with E-state index >= 15 is 0 Å². The monoisotopic (exact) mass is 161 g/mol. The van der Waals surface area contributed by atoms with Gasteiger partial charge in [-0.2, -0.15) is 0 Å². The molecule has 1 aromatic rings. The summed E-state index contributed by atoms with van der Waals surface area (Å²) in [7, 11) is 0. The quantitative estimate of drug-likeness (QED) is 0.638. The van der Waals surface area contributed by atoms with Crippen LogP contribution in [0.4, 0.5) is 0 Å². The Morgan fingerprint density at radius 1 is 1.33 bits per heavy atom. The second-order valence-electron chi connectivity index (χ2n) is 2.59. The lowest BCUT2D eigenvalue weighted by Crippen LogP contribution is -1.84. The van der Waals surface area contributed by atoms with Crippen LogP contribution in [0.15, 0.2) is 24.3 Å². The zero-order chi connectivity index (χ0) is 8.81. The van der Waals surface area contributed by atoms with Gasteiger partial charge in [0, 0.05) is 0 Å². The third-order valence-corrected chi connectivity index (χ3v) is 1.63. The molecule has 62 valence electrons. The fraction of sp³-hybridized carbons (Fsp3) is 0.300. The second kappa shape index (κ2) is 4.40. The highest BCUT2D eigenvalue weighted by Crippen LogP contribution is 2.12. The van der Waals surface area contributed by atoms with Crippen molar-refractivity contribution in [2.45, 2.75) is 19.8 Å². The van der Waals surface area contributed by atoms with E-state index < -0.39 is 0 Å². The van der Waals surface area contributed by atoms with Crippen LogP contribution >= 0.6 is 0 Å². The fourth-order valence-electron chi connectivity index (χ4n) is 1.07. The average Bonchev–Trinajstić information content (AvgIpc) is 2.09. The van der Waals surface area contributed by atoms with Crippen LogP contribution in [-0.4, -0.2) is 0 Å². The van der Waals surface area contributed by atoms with Crippen LogP contribution in [0.25, 0.3) is 0 Å². The summed E-state index contributed by atoms with van der Waals surface area (Å²) in [6.07, 6.45) is 3.85. The average molecular weight is 161 g/mol. The summed E-state index contributed by atoms with van der Waals surface area (Å²) >= 11 is 0. The Hall–Kier alpha value is -1.49. The Bertz CT molecular complexity index is 271. The Labute approximate surface area is 72.4 Å². The molecule has 1 rings (SSSR count). The summed E-state index contributed by atoms with van der Waals surface area (Å²) in [5.74, 6) is 0.609. The fourth-order valence-corrected chi connectivity index (χ4v) is 1.07. The van der Waals surface area contributed by atoms with E-state index in [1.807, 2.05) is 24.3 Å². The van der Waals surface area contributed by atoms with E-state index in [2.05, 4.69) is 11.7 Å². The molecule has 12 heavy (non-hydrogen) atoms. The first-order valence-corrected chi connectivity index (χ1v) is 4.01. The third kappa shape index (κ3) is 2.28. The second-order valence-corrected chi connectivity index (χ2v) is 2.59. The largest absolute Gasteiger partial charge is 0.388 e. The predicted octanol–water partition coefficient (Wildman–Crippen LogP) is 2.50. The van der Waals surface area contributed by atoms with Gasteiger partial charge < -0.3 is 4.74 Å². The van der Waals surface area contributed by atoms with E-state index in [0.717, 1.165) is 12.8 Å².